The second-order valence-corrected chi connectivity index (χ2v) is 10.5. The van der Waals surface area contributed by atoms with E-state index in [1.165, 1.54) is 24.2 Å². The van der Waals surface area contributed by atoms with E-state index in [2.05, 4.69) is 15.6 Å². The summed E-state index contributed by atoms with van der Waals surface area (Å²) >= 11 is 1.50. The van der Waals surface area contributed by atoms with Crippen LogP contribution in [0.25, 0.3) is 10.1 Å². The fraction of sp³-hybridized carbons (Fsp3) is 0.286. The zero-order chi connectivity index (χ0) is 20.7. The van der Waals surface area contributed by atoms with E-state index in [0.29, 0.717) is 18.0 Å². The highest BCUT2D eigenvalue weighted by molar-refractivity contribution is 7.93. The maximum atomic E-state index is 13.5. The standard InChI is InChI=1S/C21H21N3O4S2/c25-21-22-20(23-28-21)15-7-9-17(10-8-15)30(26,27)24(12-11-14-5-6-14)19-13-16-3-1-2-4-18(16)29-19/h1-4,7-10,13-14,20,23H,5-6,11-12H2,(H,22,25). The lowest BCUT2D eigenvalue weighted by Gasteiger charge is -2.23. The van der Waals surface area contributed by atoms with Crippen LogP contribution < -0.4 is 15.1 Å². The number of nitrogens with zero attached hydrogens (tertiary/aromatic N) is 1. The number of hydrogen-bond donors (Lipinski definition) is 2. The number of benzene rings is 2. The van der Waals surface area contributed by atoms with Crippen LogP contribution in [0.2, 0.25) is 0 Å². The summed E-state index contributed by atoms with van der Waals surface area (Å²) in [5, 5.41) is 4.38. The second-order valence-electron chi connectivity index (χ2n) is 7.59. The molecule has 1 saturated carbocycles. The van der Waals surface area contributed by atoms with Crippen LogP contribution in [0, 0.1) is 5.92 Å². The molecule has 2 N–H and O–H groups in total. The van der Waals surface area contributed by atoms with Crippen molar-refractivity contribution in [2.24, 2.45) is 5.92 Å². The van der Waals surface area contributed by atoms with Crippen LogP contribution in [0.5, 0.6) is 0 Å². The van der Waals surface area contributed by atoms with Gasteiger partial charge >= 0.3 is 6.09 Å². The van der Waals surface area contributed by atoms with Gasteiger partial charge in [-0.3, -0.25) is 9.62 Å². The smallest absolute Gasteiger partial charge is 0.351 e. The van der Waals surface area contributed by atoms with Crippen molar-refractivity contribution in [1.82, 2.24) is 10.8 Å². The Kier molecular flexibility index (Phi) is 4.88. The highest BCUT2D eigenvalue weighted by atomic mass is 32.2. The molecule has 5 rings (SSSR count). The number of sulfonamides is 1. The largest absolute Gasteiger partial charge is 0.427 e. The Bertz CT molecular complexity index is 1150. The molecular formula is C21H21N3O4S2. The molecule has 30 heavy (non-hydrogen) atoms. The number of anilines is 1. The molecule has 0 bridgehead atoms. The Balaban J connectivity index is 1.46. The molecule has 0 spiro atoms. The molecule has 1 saturated heterocycles. The van der Waals surface area contributed by atoms with Crippen LogP contribution in [-0.4, -0.2) is 21.1 Å². The highest BCUT2D eigenvalue weighted by Crippen LogP contribution is 2.38. The summed E-state index contributed by atoms with van der Waals surface area (Å²) in [6, 6.07) is 16.4. The number of hydrogen-bond acceptors (Lipinski definition) is 6. The predicted molar refractivity (Wildman–Crippen MR) is 116 cm³/mol. The van der Waals surface area contributed by atoms with Gasteiger partial charge in [-0.25, -0.2) is 13.2 Å². The number of nitrogens with one attached hydrogen (secondary N) is 2. The third kappa shape index (κ3) is 3.76. The number of carbonyl (C=O) groups excluding carboxylic acids is 1. The molecule has 2 aliphatic rings. The third-order valence-electron chi connectivity index (χ3n) is 5.43. The van der Waals surface area contributed by atoms with Gasteiger partial charge in [0.2, 0.25) is 0 Å². The van der Waals surface area contributed by atoms with Crippen LogP contribution in [0.3, 0.4) is 0 Å². The zero-order valence-corrected chi connectivity index (χ0v) is 17.7. The van der Waals surface area contributed by atoms with Gasteiger partial charge in [-0.2, -0.15) is 0 Å². The summed E-state index contributed by atoms with van der Waals surface area (Å²) in [4.78, 5) is 16.1. The van der Waals surface area contributed by atoms with Gasteiger partial charge in [0.05, 0.1) is 4.90 Å². The van der Waals surface area contributed by atoms with Crippen molar-refractivity contribution in [3.8, 4) is 0 Å². The van der Waals surface area contributed by atoms with E-state index in [1.807, 2.05) is 30.3 Å². The lowest BCUT2D eigenvalue weighted by Crippen LogP contribution is -2.31. The molecule has 9 heteroatoms. The van der Waals surface area contributed by atoms with Gasteiger partial charge in [-0.05, 0) is 47.6 Å². The molecule has 2 aromatic carbocycles. The fourth-order valence-corrected chi connectivity index (χ4v) is 6.32. The molecule has 1 aromatic heterocycles. The van der Waals surface area contributed by atoms with Crippen molar-refractivity contribution in [2.45, 2.75) is 30.3 Å². The quantitative estimate of drug-likeness (QED) is 0.573. The summed E-state index contributed by atoms with van der Waals surface area (Å²) in [6.45, 7) is 0.468. The first-order valence-electron chi connectivity index (χ1n) is 9.85. The minimum Gasteiger partial charge on any atom is -0.351 e. The van der Waals surface area contributed by atoms with Gasteiger partial charge < -0.3 is 4.84 Å². The van der Waals surface area contributed by atoms with Gasteiger partial charge in [-0.15, -0.1) is 16.8 Å². The van der Waals surface area contributed by atoms with Crippen LogP contribution in [-0.2, 0) is 14.9 Å². The van der Waals surface area contributed by atoms with Crippen molar-refractivity contribution in [3.05, 3.63) is 60.2 Å². The van der Waals surface area contributed by atoms with Gasteiger partial charge in [0.15, 0.2) is 0 Å². The number of thiophene rings is 1. The minimum absolute atomic E-state index is 0.227. The van der Waals surface area contributed by atoms with Crippen LogP contribution in [0.4, 0.5) is 9.80 Å². The first-order valence-corrected chi connectivity index (χ1v) is 12.1. The van der Waals surface area contributed by atoms with Crippen LogP contribution in [0.1, 0.15) is 31.0 Å². The fourth-order valence-electron chi connectivity index (χ4n) is 3.55. The molecule has 1 atom stereocenters. The number of rotatable bonds is 7. The predicted octanol–water partition coefficient (Wildman–Crippen LogP) is 4.14. The monoisotopic (exact) mass is 443 g/mol. The number of carbonyl (C=O) groups is 1. The van der Waals surface area contributed by atoms with Crippen molar-refractivity contribution >= 4 is 42.5 Å². The molecule has 0 radical (unpaired) electrons. The SMILES string of the molecule is O=C1NC(c2ccc(S(=O)(=O)N(CCC3CC3)c3cc4ccccc4s3)cc2)NO1. The summed E-state index contributed by atoms with van der Waals surface area (Å²) < 4.78 is 29.7. The van der Waals surface area contributed by atoms with Crippen LogP contribution in [0.15, 0.2) is 59.5 Å². The summed E-state index contributed by atoms with van der Waals surface area (Å²) in [5.74, 6) is 0.622. The van der Waals surface area contributed by atoms with Gasteiger partial charge in [-0.1, -0.05) is 43.2 Å². The van der Waals surface area contributed by atoms with E-state index in [4.69, 9.17) is 0 Å². The maximum absolute atomic E-state index is 13.5. The topological polar surface area (TPSA) is 87.7 Å². The Labute approximate surface area is 178 Å². The van der Waals surface area contributed by atoms with Crippen LogP contribution >= 0.6 is 11.3 Å². The highest BCUT2D eigenvalue weighted by Gasteiger charge is 2.30. The van der Waals surface area contributed by atoms with E-state index in [-0.39, 0.29) is 4.90 Å². The number of hydroxylamine groups is 1. The molecule has 7 nitrogen and oxygen atoms in total. The molecule has 2 fully saturated rings. The minimum atomic E-state index is -3.72. The van der Waals surface area contributed by atoms with Crippen molar-refractivity contribution < 1.29 is 18.0 Å². The normalized spacial score (nSPS) is 18.9. The maximum Gasteiger partial charge on any atom is 0.427 e. The van der Waals surface area contributed by atoms with E-state index < -0.39 is 22.3 Å². The molecule has 3 aromatic rings. The number of amides is 1. The molecule has 1 unspecified atom stereocenters. The Morgan fingerprint density at radius 3 is 2.53 bits per heavy atom. The third-order valence-corrected chi connectivity index (χ3v) is 8.51. The summed E-state index contributed by atoms with van der Waals surface area (Å²) in [5.41, 5.74) is 3.28. The van der Waals surface area contributed by atoms with Crippen molar-refractivity contribution in [3.63, 3.8) is 0 Å². The first kappa shape index (κ1) is 19.3. The average molecular weight is 444 g/mol. The van der Waals surface area contributed by atoms with E-state index >= 15 is 0 Å². The van der Waals surface area contributed by atoms with E-state index in [9.17, 15) is 13.2 Å². The molecule has 1 aliphatic heterocycles. The first-order chi connectivity index (χ1) is 14.5. The lowest BCUT2D eigenvalue weighted by molar-refractivity contribution is 0.121. The molecule has 156 valence electrons. The van der Waals surface area contributed by atoms with Gasteiger partial charge in [0.25, 0.3) is 10.0 Å². The van der Waals surface area contributed by atoms with Gasteiger partial charge in [0, 0.05) is 11.2 Å². The molecule has 1 amide bonds. The van der Waals surface area contributed by atoms with Crippen molar-refractivity contribution in [2.75, 3.05) is 10.8 Å². The number of fused-ring (bicyclic) bond motifs is 1. The lowest BCUT2D eigenvalue weighted by atomic mass is 10.2. The van der Waals surface area contributed by atoms with E-state index in [1.54, 1.807) is 28.6 Å². The Hall–Kier alpha value is -2.62. The van der Waals surface area contributed by atoms with Crippen molar-refractivity contribution in [1.29, 1.82) is 0 Å². The summed E-state index contributed by atoms with van der Waals surface area (Å²) in [6.07, 6.45) is 2.16. The zero-order valence-electron chi connectivity index (χ0n) is 16.1. The summed E-state index contributed by atoms with van der Waals surface area (Å²) in [7, 11) is -3.72. The Morgan fingerprint density at radius 2 is 1.87 bits per heavy atom. The molecular weight excluding hydrogens is 422 g/mol. The Morgan fingerprint density at radius 1 is 1.10 bits per heavy atom. The van der Waals surface area contributed by atoms with Gasteiger partial charge in [0.1, 0.15) is 11.2 Å². The second kappa shape index (κ2) is 7.57. The molecule has 2 heterocycles. The van der Waals surface area contributed by atoms with E-state index in [0.717, 1.165) is 21.5 Å². The average Bonchev–Trinajstić information content (AvgIpc) is 3.30. The molecule has 1 aliphatic carbocycles.